The van der Waals surface area contributed by atoms with Crippen LogP contribution in [0.15, 0.2) is 51.7 Å². The molecule has 1 aromatic heterocycles. The van der Waals surface area contributed by atoms with Gasteiger partial charge in [-0.05, 0) is 18.2 Å². The van der Waals surface area contributed by atoms with E-state index >= 15 is 0 Å². The summed E-state index contributed by atoms with van der Waals surface area (Å²) >= 11 is 3.22. The second-order valence-electron chi connectivity index (χ2n) is 5.12. The highest BCUT2D eigenvalue weighted by Crippen LogP contribution is 2.19. The molecule has 2 aromatic carbocycles. The molecule has 0 saturated carbocycles. The van der Waals surface area contributed by atoms with Crippen molar-refractivity contribution in [3.05, 3.63) is 74.4 Å². The largest absolute Gasteiger partial charge is 0.460 e. The van der Waals surface area contributed by atoms with Crippen LogP contribution in [0.2, 0.25) is 0 Å². The molecule has 0 unspecified atom stereocenters. The molecule has 0 bridgehead atoms. The first kappa shape index (κ1) is 16.3. The van der Waals surface area contributed by atoms with Gasteiger partial charge in [-0.1, -0.05) is 40.2 Å². The predicted octanol–water partition coefficient (Wildman–Crippen LogP) is 3.11. The van der Waals surface area contributed by atoms with E-state index in [0.717, 1.165) is 0 Å². The third-order valence-corrected chi connectivity index (χ3v) is 4.23. The molecule has 7 heteroatoms. The van der Waals surface area contributed by atoms with E-state index in [0.29, 0.717) is 26.5 Å². The molecule has 5 nitrogen and oxygen atoms in total. The van der Waals surface area contributed by atoms with Gasteiger partial charge < -0.3 is 4.74 Å². The minimum atomic E-state index is -0.490. The molecule has 0 atom stereocenters. The van der Waals surface area contributed by atoms with Crippen molar-refractivity contribution in [1.82, 2.24) is 10.2 Å². The number of esters is 1. The Morgan fingerprint density at radius 3 is 2.71 bits per heavy atom. The lowest BCUT2D eigenvalue weighted by Crippen LogP contribution is -2.15. The molecule has 0 fully saturated rings. The maximum atomic E-state index is 13.0. The van der Waals surface area contributed by atoms with Gasteiger partial charge in [-0.15, -0.1) is 0 Å². The maximum absolute atomic E-state index is 13.0. The Kier molecular flexibility index (Phi) is 4.71. The first-order valence-corrected chi connectivity index (χ1v) is 7.90. The molecule has 122 valence electrons. The van der Waals surface area contributed by atoms with Gasteiger partial charge in [0.25, 0.3) is 5.56 Å². The van der Waals surface area contributed by atoms with Crippen molar-refractivity contribution < 1.29 is 13.9 Å². The average molecular weight is 391 g/mol. The molecule has 0 aliphatic carbocycles. The van der Waals surface area contributed by atoms with Crippen molar-refractivity contribution >= 4 is 32.7 Å². The van der Waals surface area contributed by atoms with Gasteiger partial charge in [0.05, 0.1) is 17.5 Å². The lowest BCUT2D eigenvalue weighted by molar-refractivity contribution is -0.144. The average Bonchev–Trinajstić information content (AvgIpc) is 2.57. The zero-order chi connectivity index (χ0) is 17.1. The van der Waals surface area contributed by atoms with Crippen molar-refractivity contribution in [3.63, 3.8) is 0 Å². The summed E-state index contributed by atoms with van der Waals surface area (Å²) in [7, 11) is 0. The number of ether oxygens (including phenoxy) is 1. The van der Waals surface area contributed by atoms with Gasteiger partial charge in [0, 0.05) is 15.4 Å². The van der Waals surface area contributed by atoms with Crippen molar-refractivity contribution in [3.8, 4) is 0 Å². The first-order chi connectivity index (χ1) is 11.5. The molecule has 0 aliphatic rings. The highest BCUT2D eigenvalue weighted by Gasteiger charge is 2.12. The van der Waals surface area contributed by atoms with Crippen LogP contribution >= 0.6 is 15.9 Å². The van der Waals surface area contributed by atoms with Crippen LogP contribution in [0.3, 0.4) is 0 Å². The number of fused-ring (bicyclic) bond motifs is 1. The number of H-pyrrole nitrogens is 1. The number of rotatable bonds is 4. The molecule has 3 rings (SSSR count). The number of nitrogens with one attached hydrogen (secondary N) is 1. The molecule has 1 heterocycles. The summed E-state index contributed by atoms with van der Waals surface area (Å²) in [5.74, 6) is -0.864. The molecule has 0 spiro atoms. The SMILES string of the molecule is O=C(Cc1n[nH]c(=O)c2ccccc12)OCc1ccc(F)cc1Br. The fourth-order valence-electron chi connectivity index (χ4n) is 2.29. The monoisotopic (exact) mass is 390 g/mol. The van der Waals surface area contributed by atoms with Crippen LogP contribution in [0.5, 0.6) is 0 Å². The highest BCUT2D eigenvalue weighted by molar-refractivity contribution is 9.10. The van der Waals surface area contributed by atoms with Crippen molar-refractivity contribution in [2.24, 2.45) is 0 Å². The summed E-state index contributed by atoms with van der Waals surface area (Å²) in [5, 5.41) is 7.39. The Morgan fingerprint density at radius 2 is 1.96 bits per heavy atom. The number of aromatic nitrogens is 2. The molecular weight excluding hydrogens is 379 g/mol. The number of carbonyl (C=O) groups excluding carboxylic acids is 1. The van der Waals surface area contributed by atoms with Gasteiger partial charge in [-0.3, -0.25) is 9.59 Å². The van der Waals surface area contributed by atoms with Gasteiger partial charge in [0.2, 0.25) is 0 Å². The maximum Gasteiger partial charge on any atom is 0.312 e. The third kappa shape index (κ3) is 3.51. The first-order valence-electron chi connectivity index (χ1n) is 7.10. The number of hydrogen-bond acceptors (Lipinski definition) is 4. The predicted molar refractivity (Wildman–Crippen MR) is 90.0 cm³/mol. The van der Waals surface area contributed by atoms with Gasteiger partial charge in [-0.25, -0.2) is 9.49 Å². The van der Waals surface area contributed by atoms with Crippen LogP contribution in [0.25, 0.3) is 10.8 Å². The minimum absolute atomic E-state index is 0.0149. The lowest BCUT2D eigenvalue weighted by atomic mass is 10.1. The Morgan fingerprint density at radius 1 is 1.21 bits per heavy atom. The second kappa shape index (κ2) is 6.92. The number of halogens is 2. The van der Waals surface area contributed by atoms with E-state index in [4.69, 9.17) is 4.74 Å². The topological polar surface area (TPSA) is 72.0 Å². The Balaban J connectivity index is 1.74. The molecule has 0 saturated heterocycles. The standard InChI is InChI=1S/C17H12BrFN2O3/c18-14-7-11(19)6-5-10(14)9-24-16(22)8-15-12-3-1-2-4-13(12)17(23)21-20-15/h1-7H,8-9H2,(H,21,23). The molecule has 1 N–H and O–H groups in total. The van der Waals surface area contributed by atoms with Crippen molar-refractivity contribution in [2.75, 3.05) is 0 Å². The van der Waals surface area contributed by atoms with E-state index in [1.807, 2.05) is 0 Å². The third-order valence-electron chi connectivity index (χ3n) is 3.49. The van der Waals surface area contributed by atoms with Gasteiger partial charge in [0.1, 0.15) is 12.4 Å². The summed E-state index contributed by atoms with van der Waals surface area (Å²) in [6, 6.07) is 11.1. The zero-order valence-electron chi connectivity index (χ0n) is 12.4. The molecule has 0 aliphatic heterocycles. The number of hydrogen-bond donors (Lipinski definition) is 1. The smallest absolute Gasteiger partial charge is 0.312 e. The summed E-state index contributed by atoms with van der Waals surface area (Å²) < 4.78 is 18.8. The highest BCUT2D eigenvalue weighted by atomic mass is 79.9. The normalized spacial score (nSPS) is 10.8. The van der Waals surface area contributed by atoms with Gasteiger partial charge in [-0.2, -0.15) is 5.10 Å². The van der Waals surface area contributed by atoms with Crippen molar-refractivity contribution in [2.45, 2.75) is 13.0 Å². The fourth-order valence-corrected chi connectivity index (χ4v) is 2.76. The Hall–Kier alpha value is -2.54. The molecular formula is C17H12BrFN2O3. The van der Waals surface area contributed by atoms with Crippen LogP contribution in [0.4, 0.5) is 4.39 Å². The van der Waals surface area contributed by atoms with E-state index in [1.54, 1.807) is 30.3 Å². The lowest BCUT2D eigenvalue weighted by Gasteiger charge is -2.08. The van der Waals surface area contributed by atoms with Crippen molar-refractivity contribution in [1.29, 1.82) is 0 Å². The fraction of sp³-hybridized carbons (Fsp3) is 0.118. The number of aromatic amines is 1. The Labute approximate surface area is 144 Å². The quantitative estimate of drug-likeness (QED) is 0.694. The van der Waals surface area contributed by atoms with E-state index in [9.17, 15) is 14.0 Å². The van der Waals surface area contributed by atoms with E-state index in [2.05, 4.69) is 26.1 Å². The van der Waals surface area contributed by atoms with Gasteiger partial charge >= 0.3 is 5.97 Å². The van der Waals surface area contributed by atoms with Crippen LogP contribution < -0.4 is 5.56 Å². The van der Waals surface area contributed by atoms with Crippen LogP contribution in [-0.4, -0.2) is 16.2 Å². The van der Waals surface area contributed by atoms with Gasteiger partial charge in [0.15, 0.2) is 0 Å². The minimum Gasteiger partial charge on any atom is -0.460 e. The summed E-state index contributed by atoms with van der Waals surface area (Å²) in [5.41, 5.74) is 0.787. The number of benzene rings is 2. The summed E-state index contributed by atoms with van der Waals surface area (Å²) in [6.07, 6.45) is -0.0733. The molecule has 0 radical (unpaired) electrons. The van der Waals surface area contributed by atoms with E-state index < -0.39 is 5.97 Å². The number of nitrogens with zero attached hydrogens (tertiary/aromatic N) is 1. The molecule has 24 heavy (non-hydrogen) atoms. The summed E-state index contributed by atoms with van der Waals surface area (Å²) in [6.45, 7) is 0.0149. The van der Waals surface area contributed by atoms with Crippen LogP contribution in [-0.2, 0) is 22.6 Å². The molecule has 0 amide bonds. The number of carbonyl (C=O) groups is 1. The second-order valence-corrected chi connectivity index (χ2v) is 5.97. The van der Waals surface area contributed by atoms with E-state index in [1.165, 1.54) is 12.1 Å². The zero-order valence-corrected chi connectivity index (χ0v) is 14.0. The Bertz CT molecular complexity index is 971. The summed E-state index contributed by atoms with van der Waals surface area (Å²) in [4.78, 5) is 23.8. The van der Waals surface area contributed by atoms with E-state index in [-0.39, 0.29) is 24.4 Å². The van der Waals surface area contributed by atoms with Crippen LogP contribution in [0.1, 0.15) is 11.3 Å². The van der Waals surface area contributed by atoms with Crippen LogP contribution in [0, 0.1) is 5.82 Å². The molecule has 3 aromatic rings.